The van der Waals surface area contributed by atoms with E-state index in [-0.39, 0.29) is 6.61 Å². The van der Waals surface area contributed by atoms with Crippen LogP contribution in [-0.4, -0.2) is 59.1 Å². The normalized spacial score (nSPS) is 32.2. The number of halogens is 1. The second-order valence-electron chi connectivity index (χ2n) is 6.09. The average molecular weight is 358 g/mol. The van der Waals surface area contributed by atoms with Crippen LogP contribution in [0.2, 0.25) is 0 Å². The Balaban J connectivity index is 1.96. The number of hydrogen-bond donors (Lipinski definition) is 3. The molecule has 0 aliphatic carbocycles. The first-order chi connectivity index (χ1) is 11.8. The summed E-state index contributed by atoms with van der Waals surface area (Å²) in [6.45, 7) is 3.72. The number of hydrogen-bond acceptors (Lipinski definition) is 6. The zero-order valence-electron chi connectivity index (χ0n) is 14.1. The number of carbonyl (C=O) groups is 2. The summed E-state index contributed by atoms with van der Waals surface area (Å²) < 4.78 is 24.3. The molecule has 0 aromatic carbocycles. The summed E-state index contributed by atoms with van der Waals surface area (Å²) in [4.78, 5) is 27.2. The number of amides is 2. The van der Waals surface area contributed by atoms with Gasteiger partial charge in [0.1, 0.15) is 18.3 Å². The van der Waals surface area contributed by atoms with Crippen LogP contribution < -0.4 is 5.32 Å². The molecule has 2 unspecified atom stereocenters. The lowest BCUT2D eigenvalue weighted by Crippen LogP contribution is -2.41. The lowest BCUT2D eigenvalue weighted by Gasteiger charge is -2.23. The quantitative estimate of drug-likeness (QED) is 0.627. The molecule has 140 valence electrons. The molecule has 5 atom stereocenters. The van der Waals surface area contributed by atoms with Gasteiger partial charge in [-0.1, -0.05) is 19.8 Å². The highest BCUT2D eigenvalue weighted by atomic mass is 19.1. The van der Waals surface area contributed by atoms with Crippen molar-refractivity contribution < 1.29 is 33.7 Å². The van der Waals surface area contributed by atoms with Crippen molar-refractivity contribution in [1.82, 2.24) is 5.32 Å². The second-order valence-corrected chi connectivity index (χ2v) is 6.09. The van der Waals surface area contributed by atoms with E-state index < -0.39 is 54.0 Å². The topological polar surface area (TPSA) is 117 Å². The first-order valence-electron chi connectivity index (χ1n) is 8.30. The van der Waals surface area contributed by atoms with Crippen molar-refractivity contribution >= 4 is 17.8 Å². The molecule has 0 spiro atoms. The number of nitrogens with one attached hydrogen (secondary N) is 1. The lowest BCUT2D eigenvalue weighted by molar-refractivity contribution is -0.126. The van der Waals surface area contributed by atoms with Crippen LogP contribution in [0.25, 0.3) is 0 Å². The first kappa shape index (κ1) is 19.5. The van der Waals surface area contributed by atoms with E-state index in [1.165, 1.54) is 6.92 Å². The third kappa shape index (κ3) is 4.62. The van der Waals surface area contributed by atoms with Gasteiger partial charge in [0.25, 0.3) is 5.91 Å². The summed E-state index contributed by atoms with van der Waals surface area (Å²) in [5.41, 5.74) is 0. The highest BCUT2D eigenvalue weighted by molar-refractivity contribution is 6.12. The van der Waals surface area contributed by atoms with Gasteiger partial charge < -0.3 is 19.7 Å². The summed E-state index contributed by atoms with van der Waals surface area (Å²) in [5.74, 6) is -3.43. The summed E-state index contributed by atoms with van der Waals surface area (Å²) in [5, 5.41) is 21.7. The molecule has 3 N–H and O–H groups in total. The number of aliphatic hydroxyl groups excluding tert-OH is 2. The highest BCUT2D eigenvalue weighted by Crippen LogP contribution is 2.30. The Morgan fingerprint density at radius 3 is 2.72 bits per heavy atom. The zero-order valence-corrected chi connectivity index (χ0v) is 14.1. The standard InChI is InChI=1S/C16H23FN2O6/c1-3-4-5-6-24-16(23)19-14-10(17)7-9(15(22)18-14)13-12(21)11(20)8(2)25-13/h7-9,11-13,20-21H,3-6H2,1-2H3,(H,18,19,22,23)/t8-,9?,11+,12?,13+/m1/s1. The van der Waals surface area contributed by atoms with Crippen LogP contribution in [0, 0.1) is 5.92 Å². The maximum Gasteiger partial charge on any atom is 0.412 e. The number of alkyl carbamates (subject to hydrolysis) is 1. The largest absolute Gasteiger partial charge is 0.449 e. The van der Waals surface area contributed by atoms with E-state index in [2.05, 4.69) is 10.3 Å². The van der Waals surface area contributed by atoms with Crippen molar-refractivity contribution in [2.45, 2.75) is 57.5 Å². The fraction of sp³-hybridized carbons (Fsp3) is 0.688. The van der Waals surface area contributed by atoms with E-state index in [0.29, 0.717) is 6.42 Å². The third-order valence-corrected chi connectivity index (χ3v) is 4.15. The molecule has 1 fully saturated rings. The van der Waals surface area contributed by atoms with E-state index in [1.807, 2.05) is 6.92 Å². The Morgan fingerprint density at radius 1 is 1.40 bits per heavy atom. The monoisotopic (exact) mass is 358 g/mol. The maximum absolute atomic E-state index is 14.2. The molecule has 2 heterocycles. The molecule has 0 radical (unpaired) electrons. The molecule has 2 aliphatic rings. The first-order valence-corrected chi connectivity index (χ1v) is 8.30. The summed E-state index contributed by atoms with van der Waals surface area (Å²) in [6, 6.07) is 0. The average Bonchev–Trinajstić information content (AvgIpc) is 2.82. The minimum atomic E-state index is -1.33. The van der Waals surface area contributed by atoms with Crippen molar-refractivity contribution in [2.75, 3.05) is 6.61 Å². The molecule has 0 aromatic rings. The van der Waals surface area contributed by atoms with Gasteiger partial charge >= 0.3 is 6.09 Å². The van der Waals surface area contributed by atoms with E-state index in [4.69, 9.17) is 9.47 Å². The molecule has 2 aliphatic heterocycles. The Morgan fingerprint density at radius 2 is 2.12 bits per heavy atom. The molecule has 9 heteroatoms. The van der Waals surface area contributed by atoms with Gasteiger partial charge in [0.05, 0.1) is 18.6 Å². The molecule has 2 amide bonds. The van der Waals surface area contributed by atoms with Crippen LogP contribution in [0.1, 0.15) is 33.1 Å². The Labute approximate surface area is 144 Å². The van der Waals surface area contributed by atoms with Crippen molar-refractivity contribution in [3.63, 3.8) is 0 Å². The molecule has 0 saturated carbocycles. The predicted molar refractivity (Wildman–Crippen MR) is 85.5 cm³/mol. The van der Waals surface area contributed by atoms with Gasteiger partial charge in [-0.25, -0.2) is 9.18 Å². The third-order valence-electron chi connectivity index (χ3n) is 4.15. The number of unbranched alkanes of at least 4 members (excludes halogenated alkanes) is 2. The fourth-order valence-corrected chi connectivity index (χ4v) is 2.70. The van der Waals surface area contributed by atoms with E-state index >= 15 is 0 Å². The van der Waals surface area contributed by atoms with Crippen LogP contribution >= 0.6 is 0 Å². The van der Waals surface area contributed by atoms with E-state index in [0.717, 1.165) is 18.9 Å². The SMILES string of the molecule is CCCCCOC(=O)NC1=NC(=O)C([C@@H]2O[C@H](C)[C@H](O)C2O)C=C1F. The predicted octanol–water partition coefficient (Wildman–Crippen LogP) is 0.820. The molecule has 8 nitrogen and oxygen atoms in total. The minimum Gasteiger partial charge on any atom is -0.449 e. The summed E-state index contributed by atoms with van der Waals surface area (Å²) >= 11 is 0. The molecular formula is C16H23FN2O6. The Kier molecular flexibility index (Phi) is 6.63. The number of rotatable bonds is 5. The van der Waals surface area contributed by atoms with Gasteiger partial charge in [-0.3, -0.25) is 10.1 Å². The number of aliphatic hydroxyl groups is 2. The molecule has 2 rings (SSSR count). The van der Waals surface area contributed by atoms with Crippen molar-refractivity contribution in [2.24, 2.45) is 10.9 Å². The van der Waals surface area contributed by atoms with Crippen molar-refractivity contribution in [3.05, 3.63) is 11.9 Å². The second kappa shape index (κ2) is 8.50. The molecule has 0 aromatic heterocycles. The van der Waals surface area contributed by atoms with Crippen molar-refractivity contribution in [1.29, 1.82) is 0 Å². The van der Waals surface area contributed by atoms with E-state index in [1.54, 1.807) is 0 Å². The van der Waals surface area contributed by atoms with E-state index in [9.17, 15) is 24.2 Å². The number of carbonyl (C=O) groups excluding carboxylic acids is 2. The summed E-state index contributed by atoms with van der Waals surface area (Å²) in [7, 11) is 0. The summed E-state index contributed by atoms with van der Waals surface area (Å²) in [6.07, 6.45) is -1.72. The lowest BCUT2D eigenvalue weighted by atomic mass is 9.93. The van der Waals surface area contributed by atoms with Crippen LogP contribution in [0.3, 0.4) is 0 Å². The van der Waals surface area contributed by atoms with Gasteiger partial charge in [-0.2, -0.15) is 4.99 Å². The zero-order chi connectivity index (χ0) is 18.6. The number of nitrogens with zero attached hydrogens (tertiary/aromatic N) is 1. The van der Waals surface area contributed by atoms with Crippen LogP contribution in [-0.2, 0) is 14.3 Å². The van der Waals surface area contributed by atoms with Gasteiger partial charge in [-0.05, 0) is 19.4 Å². The molecular weight excluding hydrogens is 335 g/mol. The molecule has 25 heavy (non-hydrogen) atoms. The smallest absolute Gasteiger partial charge is 0.412 e. The van der Waals surface area contributed by atoms with Gasteiger partial charge in [0, 0.05) is 0 Å². The number of dihydropyridines is 1. The van der Waals surface area contributed by atoms with Gasteiger partial charge in [-0.15, -0.1) is 0 Å². The minimum absolute atomic E-state index is 0.187. The van der Waals surface area contributed by atoms with Crippen molar-refractivity contribution in [3.8, 4) is 0 Å². The van der Waals surface area contributed by atoms with Crippen LogP contribution in [0.5, 0.6) is 0 Å². The maximum atomic E-state index is 14.2. The molecule has 1 saturated heterocycles. The number of ether oxygens (including phenoxy) is 2. The Hall–Kier alpha value is -1.84. The highest BCUT2D eigenvalue weighted by Gasteiger charge is 2.47. The van der Waals surface area contributed by atoms with Gasteiger partial charge in [0.2, 0.25) is 0 Å². The fourth-order valence-electron chi connectivity index (χ4n) is 2.70. The van der Waals surface area contributed by atoms with Crippen LogP contribution in [0.4, 0.5) is 9.18 Å². The Bertz CT molecular complexity index is 579. The number of amidine groups is 1. The molecule has 0 bridgehead atoms. The van der Waals surface area contributed by atoms with Crippen LogP contribution in [0.15, 0.2) is 16.9 Å². The number of aliphatic imine (C=N–C) groups is 1. The van der Waals surface area contributed by atoms with Gasteiger partial charge in [0.15, 0.2) is 11.7 Å².